The van der Waals surface area contributed by atoms with Gasteiger partial charge in [-0.1, -0.05) is 60.1 Å². The number of nitrogens with zero attached hydrogens (tertiary/aromatic N) is 1. The zero-order valence-electron chi connectivity index (χ0n) is 19.3. The SMILES string of the molecule is O=C(NCc1ccccc1Cl)c1ccc2c(c1)N(Cc1ccccc1F)C(=O)c1ccccc1S2(=O)=O. The molecule has 37 heavy (non-hydrogen) atoms. The molecule has 9 heteroatoms. The summed E-state index contributed by atoms with van der Waals surface area (Å²) in [5, 5.41) is 3.26. The number of sulfone groups is 1. The molecule has 1 heterocycles. The van der Waals surface area contributed by atoms with Crippen molar-refractivity contribution in [2.24, 2.45) is 0 Å². The van der Waals surface area contributed by atoms with Gasteiger partial charge in [-0.2, -0.15) is 0 Å². The summed E-state index contributed by atoms with van der Waals surface area (Å²) < 4.78 is 41.7. The molecule has 4 aromatic carbocycles. The van der Waals surface area contributed by atoms with E-state index in [9.17, 15) is 22.4 Å². The van der Waals surface area contributed by atoms with Crippen molar-refractivity contribution in [1.82, 2.24) is 5.32 Å². The van der Waals surface area contributed by atoms with E-state index in [4.69, 9.17) is 11.6 Å². The number of carbonyl (C=O) groups excluding carboxylic acids is 2. The van der Waals surface area contributed by atoms with Gasteiger partial charge in [0, 0.05) is 22.7 Å². The van der Waals surface area contributed by atoms with Crippen molar-refractivity contribution in [3.8, 4) is 0 Å². The molecule has 0 aromatic heterocycles. The Labute approximate surface area is 218 Å². The normalized spacial score (nSPS) is 13.9. The Hall–Kier alpha value is -4.01. The fourth-order valence-corrected chi connectivity index (χ4v) is 6.05. The summed E-state index contributed by atoms with van der Waals surface area (Å²) in [5.41, 5.74) is 1.02. The van der Waals surface area contributed by atoms with Gasteiger partial charge in [-0.25, -0.2) is 12.8 Å². The van der Waals surface area contributed by atoms with Crippen molar-refractivity contribution >= 4 is 38.9 Å². The molecular weight excluding hydrogens is 515 g/mol. The van der Waals surface area contributed by atoms with Crippen LogP contribution in [-0.2, 0) is 22.9 Å². The number of rotatable bonds is 5. The molecule has 0 radical (unpaired) electrons. The molecule has 0 unspecified atom stereocenters. The van der Waals surface area contributed by atoms with Gasteiger partial charge in [-0.05, 0) is 48.0 Å². The van der Waals surface area contributed by atoms with E-state index in [0.717, 1.165) is 0 Å². The van der Waals surface area contributed by atoms with Crippen molar-refractivity contribution in [1.29, 1.82) is 0 Å². The number of nitrogens with one attached hydrogen (secondary N) is 1. The van der Waals surface area contributed by atoms with E-state index in [-0.39, 0.29) is 45.3 Å². The Morgan fingerprint density at radius 2 is 1.54 bits per heavy atom. The highest BCUT2D eigenvalue weighted by Crippen LogP contribution is 2.38. The Morgan fingerprint density at radius 3 is 2.30 bits per heavy atom. The van der Waals surface area contributed by atoms with Crippen molar-refractivity contribution in [3.63, 3.8) is 0 Å². The molecule has 0 atom stereocenters. The van der Waals surface area contributed by atoms with E-state index in [1.807, 2.05) is 0 Å². The van der Waals surface area contributed by atoms with E-state index in [0.29, 0.717) is 10.6 Å². The third kappa shape index (κ3) is 4.61. The van der Waals surface area contributed by atoms with Crippen LogP contribution in [-0.4, -0.2) is 20.2 Å². The van der Waals surface area contributed by atoms with Crippen LogP contribution in [0.3, 0.4) is 0 Å². The molecule has 6 nitrogen and oxygen atoms in total. The molecule has 4 aromatic rings. The van der Waals surface area contributed by atoms with Crippen molar-refractivity contribution < 1.29 is 22.4 Å². The molecule has 1 aliphatic heterocycles. The summed E-state index contributed by atoms with van der Waals surface area (Å²) in [6, 6.07) is 22.9. The largest absolute Gasteiger partial charge is 0.348 e. The molecule has 0 aliphatic carbocycles. The number of halogens is 2. The number of amides is 2. The van der Waals surface area contributed by atoms with E-state index in [1.54, 1.807) is 36.4 Å². The number of fused-ring (bicyclic) bond motifs is 2. The molecule has 1 N–H and O–H groups in total. The second kappa shape index (κ2) is 9.80. The van der Waals surface area contributed by atoms with Gasteiger partial charge in [-0.3, -0.25) is 9.59 Å². The van der Waals surface area contributed by atoms with Crippen molar-refractivity contribution in [3.05, 3.63) is 124 Å². The van der Waals surface area contributed by atoms with Gasteiger partial charge in [0.1, 0.15) is 5.82 Å². The maximum Gasteiger partial charge on any atom is 0.259 e. The smallest absolute Gasteiger partial charge is 0.259 e. The van der Waals surface area contributed by atoms with Gasteiger partial charge >= 0.3 is 0 Å². The average Bonchev–Trinajstić information content (AvgIpc) is 2.97. The molecule has 0 fully saturated rings. The monoisotopic (exact) mass is 534 g/mol. The van der Waals surface area contributed by atoms with Gasteiger partial charge in [-0.15, -0.1) is 0 Å². The number of benzene rings is 4. The Morgan fingerprint density at radius 1 is 0.865 bits per heavy atom. The van der Waals surface area contributed by atoms with Crippen molar-refractivity contribution in [2.75, 3.05) is 4.90 Å². The van der Waals surface area contributed by atoms with E-state index in [1.165, 1.54) is 59.5 Å². The quantitative estimate of drug-likeness (QED) is 0.371. The van der Waals surface area contributed by atoms with Gasteiger partial charge in [0.05, 0.1) is 27.6 Å². The Kier molecular flexibility index (Phi) is 6.54. The maximum absolute atomic E-state index is 14.6. The number of hydrogen-bond acceptors (Lipinski definition) is 4. The highest BCUT2D eigenvalue weighted by molar-refractivity contribution is 7.91. The standard InChI is InChI=1S/C28H20ClFN2O4S/c29-22-10-4-1-7-19(22)16-31-27(33)18-13-14-26-24(15-18)32(17-20-8-2-5-11-23(20)30)28(34)21-9-3-6-12-25(21)37(26,35)36/h1-15H,16-17H2,(H,31,33). The van der Waals surface area contributed by atoms with Crippen molar-refractivity contribution in [2.45, 2.75) is 22.9 Å². The zero-order valence-corrected chi connectivity index (χ0v) is 20.9. The van der Waals surface area contributed by atoms with Gasteiger partial charge < -0.3 is 10.2 Å². The Balaban J connectivity index is 1.60. The van der Waals surface area contributed by atoms with Crippen LogP contribution >= 0.6 is 11.6 Å². The molecule has 0 saturated carbocycles. The lowest BCUT2D eigenvalue weighted by Gasteiger charge is -2.24. The average molecular weight is 535 g/mol. The summed E-state index contributed by atoms with van der Waals surface area (Å²) in [6.07, 6.45) is 0. The minimum atomic E-state index is -4.11. The minimum Gasteiger partial charge on any atom is -0.348 e. The third-order valence-corrected chi connectivity index (χ3v) is 8.37. The molecule has 1 aliphatic rings. The predicted molar refractivity (Wildman–Crippen MR) is 138 cm³/mol. The van der Waals surface area contributed by atoms with Gasteiger partial charge in [0.2, 0.25) is 9.84 Å². The summed E-state index contributed by atoms with van der Waals surface area (Å²) in [6.45, 7) is -0.0791. The molecular formula is C28H20ClFN2O4S. The van der Waals surface area contributed by atoms with Crippen LogP contribution in [0.1, 0.15) is 31.8 Å². The van der Waals surface area contributed by atoms with Crippen LogP contribution in [0.5, 0.6) is 0 Å². The highest BCUT2D eigenvalue weighted by atomic mass is 35.5. The lowest BCUT2D eigenvalue weighted by molar-refractivity contribution is 0.0947. The highest BCUT2D eigenvalue weighted by Gasteiger charge is 2.36. The Bertz CT molecular complexity index is 1660. The van der Waals surface area contributed by atoms with Crippen LogP contribution in [0.2, 0.25) is 5.02 Å². The molecule has 5 rings (SSSR count). The minimum absolute atomic E-state index is 0.00477. The first-order valence-electron chi connectivity index (χ1n) is 11.3. The van der Waals surface area contributed by atoms with Crippen LogP contribution in [0.25, 0.3) is 0 Å². The predicted octanol–water partition coefficient (Wildman–Crippen LogP) is 5.40. The first-order chi connectivity index (χ1) is 17.8. The van der Waals surface area contributed by atoms with E-state index in [2.05, 4.69) is 5.32 Å². The molecule has 0 bridgehead atoms. The zero-order chi connectivity index (χ0) is 26.2. The number of carbonyl (C=O) groups is 2. The number of anilines is 1. The molecule has 0 spiro atoms. The number of hydrogen-bond donors (Lipinski definition) is 1. The van der Waals surface area contributed by atoms with Crippen LogP contribution < -0.4 is 10.2 Å². The summed E-state index contributed by atoms with van der Waals surface area (Å²) >= 11 is 6.17. The third-order valence-electron chi connectivity index (χ3n) is 6.14. The molecule has 0 saturated heterocycles. The van der Waals surface area contributed by atoms with Gasteiger partial charge in [0.15, 0.2) is 0 Å². The van der Waals surface area contributed by atoms with Crippen LogP contribution in [0, 0.1) is 5.82 Å². The molecule has 2 amide bonds. The first-order valence-corrected chi connectivity index (χ1v) is 13.2. The van der Waals surface area contributed by atoms with Gasteiger partial charge in [0.25, 0.3) is 11.8 Å². The van der Waals surface area contributed by atoms with Crippen LogP contribution in [0.4, 0.5) is 10.1 Å². The maximum atomic E-state index is 14.6. The first kappa shape index (κ1) is 24.7. The lowest BCUT2D eigenvalue weighted by Crippen LogP contribution is -2.31. The summed E-state index contributed by atoms with van der Waals surface area (Å²) in [4.78, 5) is 27.6. The van der Waals surface area contributed by atoms with Crippen LogP contribution in [0.15, 0.2) is 101 Å². The fraction of sp³-hybridized carbons (Fsp3) is 0.0714. The summed E-state index contributed by atoms with van der Waals surface area (Å²) in [7, 11) is -4.11. The molecule has 186 valence electrons. The summed E-state index contributed by atoms with van der Waals surface area (Å²) in [5.74, 6) is -1.64. The topological polar surface area (TPSA) is 83.6 Å². The van der Waals surface area contributed by atoms with E-state index >= 15 is 0 Å². The lowest BCUT2D eigenvalue weighted by atomic mass is 10.1. The van der Waals surface area contributed by atoms with E-state index < -0.39 is 27.5 Å². The second-order valence-electron chi connectivity index (χ2n) is 8.44. The second-order valence-corrected chi connectivity index (χ2v) is 10.7. The fourth-order valence-electron chi connectivity index (χ4n) is 4.22.